The van der Waals surface area contributed by atoms with E-state index in [0.717, 1.165) is 17.7 Å². The first-order valence-corrected chi connectivity index (χ1v) is 5.34. The molecule has 0 radical (unpaired) electrons. The molecule has 0 heterocycles. The number of nitrogens with one attached hydrogen (secondary N) is 1. The van der Waals surface area contributed by atoms with Crippen LogP contribution in [0.5, 0.6) is 0 Å². The van der Waals surface area contributed by atoms with Crippen LogP contribution in [-0.4, -0.2) is 25.7 Å². The van der Waals surface area contributed by atoms with Gasteiger partial charge in [0.2, 0.25) is 0 Å². The Hall–Kier alpha value is -1.10. The first kappa shape index (κ1) is 15.9. The second-order valence-corrected chi connectivity index (χ2v) is 3.46. The van der Waals surface area contributed by atoms with Gasteiger partial charge in [-0.1, -0.05) is 25.1 Å². The second-order valence-electron chi connectivity index (χ2n) is 3.46. The number of rotatable bonds is 5. The Bertz CT molecular complexity index is 354. The van der Waals surface area contributed by atoms with Gasteiger partial charge in [-0.3, -0.25) is 4.79 Å². The molecule has 0 aliphatic rings. The van der Waals surface area contributed by atoms with E-state index in [1.165, 1.54) is 7.11 Å². The molecular formula is C12H19ClN2O2. The van der Waals surface area contributed by atoms with Crippen molar-refractivity contribution in [1.82, 2.24) is 0 Å². The normalized spacial score (nSPS) is 11.5. The van der Waals surface area contributed by atoms with Crippen LogP contribution in [0.15, 0.2) is 24.3 Å². The minimum atomic E-state index is -0.593. The van der Waals surface area contributed by atoms with Crippen LogP contribution in [0.2, 0.25) is 0 Å². The molecule has 4 nitrogen and oxygen atoms in total. The molecule has 0 fully saturated rings. The van der Waals surface area contributed by atoms with E-state index in [1.54, 1.807) is 0 Å². The average molecular weight is 259 g/mol. The number of hydrogen-bond donors (Lipinski definition) is 2. The topological polar surface area (TPSA) is 64.4 Å². The minimum absolute atomic E-state index is 0. The zero-order valence-electron chi connectivity index (χ0n) is 10.1. The summed E-state index contributed by atoms with van der Waals surface area (Å²) < 4.78 is 4.97. The SMILES string of the molecule is CCc1ccccc1NC(=O)C(CN)OC.Cl. The van der Waals surface area contributed by atoms with Crippen molar-refractivity contribution in [1.29, 1.82) is 0 Å². The molecule has 0 saturated carbocycles. The Labute approximate surface area is 108 Å². The van der Waals surface area contributed by atoms with Gasteiger partial charge in [0, 0.05) is 19.3 Å². The quantitative estimate of drug-likeness (QED) is 0.843. The lowest BCUT2D eigenvalue weighted by Crippen LogP contribution is -2.36. The molecule has 0 aromatic heterocycles. The number of carbonyl (C=O) groups excluding carboxylic acids is 1. The number of carbonyl (C=O) groups is 1. The number of methoxy groups -OCH3 is 1. The van der Waals surface area contributed by atoms with E-state index in [4.69, 9.17) is 10.5 Å². The number of ether oxygens (including phenoxy) is 1. The van der Waals surface area contributed by atoms with Gasteiger partial charge in [-0.05, 0) is 18.1 Å². The van der Waals surface area contributed by atoms with E-state index < -0.39 is 6.10 Å². The predicted molar refractivity (Wildman–Crippen MR) is 71.5 cm³/mol. The summed E-state index contributed by atoms with van der Waals surface area (Å²) >= 11 is 0. The van der Waals surface area contributed by atoms with Gasteiger partial charge in [-0.2, -0.15) is 0 Å². The molecule has 0 aliphatic carbocycles. The highest BCUT2D eigenvalue weighted by atomic mass is 35.5. The molecule has 5 heteroatoms. The smallest absolute Gasteiger partial charge is 0.254 e. The Morgan fingerprint density at radius 1 is 1.47 bits per heavy atom. The van der Waals surface area contributed by atoms with Crippen molar-refractivity contribution in [2.24, 2.45) is 5.73 Å². The lowest BCUT2D eigenvalue weighted by Gasteiger charge is -2.14. The van der Waals surface area contributed by atoms with Gasteiger partial charge >= 0.3 is 0 Å². The number of aryl methyl sites for hydroxylation is 1. The van der Waals surface area contributed by atoms with Crippen molar-refractivity contribution >= 4 is 24.0 Å². The fourth-order valence-corrected chi connectivity index (χ4v) is 1.47. The lowest BCUT2D eigenvalue weighted by atomic mass is 10.1. The number of halogens is 1. The Morgan fingerprint density at radius 2 is 2.12 bits per heavy atom. The summed E-state index contributed by atoms with van der Waals surface area (Å²) in [5.41, 5.74) is 7.35. The van der Waals surface area contributed by atoms with Crippen LogP contribution in [-0.2, 0) is 16.0 Å². The van der Waals surface area contributed by atoms with Gasteiger partial charge in [0.25, 0.3) is 5.91 Å². The van der Waals surface area contributed by atoms with Crippen molar-refractivity contribution in [2.75, 3.05) is 19.0 Å². The maximum atomic E-state index is 11.7. The van der Waals surface area contributed by atoms with Crippen LogP contribution in [0.1, 0.15) is 12.5 Å². The van der Waals surface area contributed by atoms with E-state index in [9.17, 15) is 4.79 Å². The molecule has 96 valence electrons. The zero-order chi connectivity index (χ0) is 12.0. The van der Waals surface area contributed by atoms with Crippen LogP contribution in [0, 0.1) is 0 Å². The summed E-state index contributed by atoms with van der Waals surface area (Å²) in [6, 6.07) is 7.70. The standard InChI is InChI=1S/C12H18N2O2.ClH/c1-3-9-6-4-5-7-10(9)14-12(15)11(8-13)16-2;/h4-7,11H,3,8,13H2,1-2H3,(H,14,15);1H. The number of para-hydroxylation sites is 1. The first-order chi connectivity index (χ1) is 7.72. The van der Waals surface area contributed by atoms with Crippen LogP contribution in [0.25, 0.3) is 0 Å². The number of benzene rings is 1. The molecule has 1 unspecified atom stereocenters. The van der Waals surface area contributed by atoms with Crippen molar-refractivity contribution < 1.29 is 9.53 Å². The van der Waals surface area contributed by atoms with Crippen molar-refractivity contribution in [3.63, 3.8) is 0 Å². The molecule has 0 saturated heterocycles. The fraction of sp³-hybridized carbons (Fsp3) is 0.417. The molecule has 3 N–H and O–H groups in total. The first-order valence-electron chi connectivity index (χ1n) is 5.34. The molecule has 0 bridgehead atoms. The third-order valence-electron chi connectivity index (χ3n) is 2.45. The number of anilines is 1. The van der Waals surface area contributed by atoms with E-state index in [1.807, 2.05) is 31.2 Å². The van der Waals surface area contributed by atoms with Crippen molar-refractivity contribution in [2.45, 2.75) is 19.4 Å². The molecule has 1 rings (SSSR count). The Morgan fingerprint density at radius 3 is 2.65 bits per heavy atom. The van der Waals surface area contributed by atoms with E-state index in [-0.39, 0.29) is 24.9 Å². The highest BCUT2D eigenvalue weighted by molar-refractivity contribution is 5.95. The summed E-state index contributed by atoms with van der Waals surface area (Å²) in [6.45, 7) is 2.22. The minimum Gasteiger partial charge on any atom is -0.370 e. The molecule has 0 spiro atoms. The summed E-state index contributed by atoms with van der Waals surface area (Å²) in [4.78, 5) is 11.7. The molecular weight excluding hydrogens is 240 g/mol. The monoisotopic (exact) mass is 258 g/mol. The molecule has 1 amide bonds. The van der Waals surface area contributed by atoms with Gasteiger partial charge in [0.05, 0.1) is 0 Å². The summed E-state index contributed by atoms with van der Waals surface area (Å²) in [5, 5.41) is 2.82. The maximum Gasteiger partial charge on any atom is 0.254 e. The van der Waals surface area contributed by atoms with Gasteiger partial charge in [-0.15, -0.1) is 12.4 Å². The second kappa shape index (κ2) is 8.06. The zero-order valence-corrected chi connectivity index (χ0v) is 10.9. The third-order valence-corrected chi connectivity index (χ3v) is 2.45. The highest BCUT2D eigenvalue weighted by Gasteiger charge is 2.16. The highest BCUT2D eigenvalue weighted by Crippen LogP contribution is 2.15. The van der Waals surface area contributed by atoms with Gasteiger partial charge < -0.3 is 15.8 Å². The van der Waals surface area contributed by atoms with Gasteiger partial charge in [-0.25, -0.2) is 0 Å². The predicted octanol–water partition coefficient (Wildman–Crippen LogP) is 1.58. The molecule has 1 aromatic carbocycles. The third kappa shape index (κ3) is 4.34. The summed E-state index contributed by atoms with van der Waals surface area (Å²) in [5.74, 6) is -0.203. The van der Waals surface area contributed by atoms with E-state index in [0.29, 0.717) is 0 Å². The van der Waals surface area contributed by atoms with E-state index in [2.05, 4.69) is 5.32 Å². The van der Waals surface area contributed by atoms with Crippen LogP contribution in [0.4, 0.5) is 5.69 Å². The Balaban J connectivity index is 0.00000256. The number of amides is 1. The average Bonchev–Trinajstić information content (AvgIpc) is 2.31. The maximum absolute atomic E-state index is 11.7. The number of hydrogen-bond acceptors (Lipinski definition) is 3. The fourth-order valence-electron chi connectivity index (χ4n) is 1.47. The molecule has 1 atom stereocenters. The van der Waals surface area contributed by atoms with Gasteiger partial charge in [0.15, 0.2) is 0 Å². The molecule has 1 aromatic rings. The molecule has 0 aliphatic heterocycles. The van der Waals surface area contributed by atoms with Crippen LogP contribution < -0.4 is 11.1 Å². The lowest BCUT2D eigenvalue weighted by molar-refractivity contribution is -0.125. The van der Waals surface area contributed by atoms with Crippen molar-refractivity contribution in [3.8, 4) is 0 Å². The number of nitrogens with two attached hydrogens (primary N) is 1. The summed E-state index contributed by atoms with van der Waals surface area (Å²) in [7, 11) is 1.48. The van der Waals surface area contributed by atoms with E-state index >= 15 is 0 Å². The van der Waals surface area contributed by atoms with Crippen molar-refractivity contribution in [3.05, 3.63) is 29.8 Å². The van der Waals surface area contributed by atoms with Gasteiger partial charge in [0.1, 0.15) is 6.10 Å². The van der Waals surface area contributed by atoms with Crippen LogP contribution in [0.3, 0.4) is 0 Å². The summed E-state index contributed by atoms with van der Waals surface area (Å²) in [6.07, 6.45) is 0.279. The molecule has 17 heavy (non-hydrogen) atoms. The van der Waals surface area contributed by atoms with Crippen LogP contribution >= 0.6 is 12.4 Å². The largest absolute Gasteiger partial charge is 0.370 e. The Kier molecular flexibility index (Phi) is 7.54.